The van der Waals surface area contributed by atoms with Crippen LogP contribution in [-0.4, -0.2) is 28.5 Å². The van der Waals surface area contributed by atoms with Gasteiger partial charge in [-0.15, -0.1) is 11.6 Å². The van der Waals surface area contributed by atoms with E-state index in [1.54, 1.807) is 0 Å². The van der Waals surface area contributed by atoms with Crippen molar-refractivity contribution in [3.63, 3.8) is 0 Å². The molecule has 0 bridgehead atoms. The quantitative estimate of drug-likeness (QED) is 0.703. The minimum absolute atomic E-state index is 0.117. The normalized spacial score (nSPS) is 12.5. The van der Waals surface area contributed by atoms with E-state index in [2.05, 4.69) is 22.2 Å². The molecule has 1 N–H and O–H groups in total. The highest BCUT2D eigenvalue weighted by atomic mass is 35.5. The van der Waals surface area contributed by atoms with Crippen LogP contribution in [0.4, 0.5) is 5.82 Å². The van der Waals surface area contributed by atoms with E-state index in [0.29, 0.717) is 17.7 Å². The first-order valence-corrected chi connectivity index (χ1v) is 7.47. The fourth-order valence-corrected chi connectivity index (χ4v) is 2.21. The van der Waals surface area contributed by atoms with Crippen molar-refractivity contribution < 1.29 is 4.74 Å². The molecule has 108 valence electrons. The Labute approximate surface area is 120 Å². The number of nitrogens with one attached hydrogen (secondary N) is 1. The summed E-state index contributed by atoms with van der Waals surface area (Å²) in [7, 11) is 0. The second-order valence-electron chi connectivity index (χ2n) is 4.92. The monoisotopic (exact) mass is 285 g/mol. The van der Waals surface area contributed by atoms with Gasteiger partial charge >= 0.3 is 0 Å². The Morgan fingerprint density at radius 2 is 2.11 bits per heavy atom. The van der Waals surface area contributed by atoms with Gasteiger partial charge in [-0.05, 0) is 32.6 Å². The molecule has 0 fully saturated rings. The van der Waals surface area contributed by atoms with E-state index in [1.807, 2.05) is 19.9 Å². The number of alkyl halides is 1. The van der Waals surface area contributed by atoms with Crippen LogP contribution in [0.2, 0.25) is 0 Å². The molecule has 0 aliphatic heterocycles. The Morgan fingerprint density at radius 1 is 1.32 bits per heavy atom. The SMILES string of the molecule is CCCC(CCCl)CNc1cc(OC(C)C)ncn1. The molecule has 0 saturated carbocycles. The maximum absolute atomic E-state index is 5.82. The number of aromatic nitrogens is 2. The van der Waals surface area contributed by atoms with Gasteiger partial charge in [-0.25, -0.2) is 9.97 Å². The molecule has 0 aliphatic rings. The molecule has 0 aliphatic carbocycles. The smallest absolute Gasteiger partial charge is 0.218 e. The fourth-order valence-electron chi connectivity index (χ4n) is 1.90. The van der Waals surface area contributed by atoms with Crippen LogP contribution in [-0.2, 0) is 0 Å². The van der Waals surface area contributed by atoms with Crippen LogP contribution < -0.4 is 10.1 Å². The zero-order valence-corrected chi connectivity index (χ0v) is 12.8. The molecular formula is C14H24ClN3O. The van der Waals surface area contributed by atoms with E-state index in [0.717, 1.165) is 18.8 Å². The van der Waals surface area contributed by atoms with Crippen molar-refractivity contribution >= 4 is 17.4 Å². The molecule has 0 aromatic carbocycles. The van der Waals surface area contributed by atoms with Gasteiger partial charge in [0.1, 0.15) is 12.1 Å². The number of anilines is 1. The second kappa shape index (κ2) is 8.97. The number of halogens is 1. The van der Waals surface area contributed by atoms with Crippen LogP contribution in [0.1, 0.15) is 40.0 Å². The van der Waals surface area contributed by atoms with Crippen molar-refractivity contribution in [2.24, 2.45) is 5.92 Å². The highest BCUT2D eigenvalue weighted by Crippen LogP contribution is 2.16. The van der Waals surface area contributed by atoms with Crippen molar-refractivity contribution in [1.82, 2.24) is 9.97 Å². The van der Waals surface area contributed by atoms with E-state index < -0.39 is 0 Å². The summed E-state index contributed by atoms with van der Waals surface area (Å²) in [4.78, 5) is 8.29. The first-order chi connectivity index (χ1) is 9.15. The number of hydrogen-bond acceptors (Lipinski definition) is 4. The fraction of sp³-hybridized carbons (Fsp3) is 0.714. The minimum Gasteiger partial charge on any atom is -0.475 e. The van der Waals surface area contributed by atoms with Gasteiger partial charge in [-0.2, -0.15) is 0 Å². The van der Waals surface area contributed by atoms with Crippen molar-refractivity contribution in [3.8, 4) is 5.88 Å². The highest BCUT2D eigenvalue weighted by molar-refractivity contribution is 6.17. The predicted octanol–water partition coefficient (Wildman–Crippen LogP) is 3.72. The molecule has 1 aromatic heterocycles. The number of ether oxygens (including phenoxy) is 1. The topological polar surface area (TPSA) is 47.0 Å². The molecule has 5 heteroatoms. The Hall–Kier alpha value is -1.03. The summed E-state index contributed by atoms with van der Waals surface area (Å²) in [5.41, 5.74) is 0. The second-order valence-corrected chi connectivity index (χ2v) is 5.30. The summed E-state index contributed by atoms with van der Waals surface area (Å²) in [5.74, 6) is 2.71. The third kappa shape index (κ3) is 6.62. The van der Waals surface area contributed by atoms with Gasteiger partial charge in [-0.3, -0.25) is 0 Å². The first kappa shape index (κ1) is 16.0. The molecule has 1 unspecified atom stereocenters. The minimum atomic E-state index is 0.117. The van der Waals surface area contributed by atoms with Gasteiger partial charge in [-0.1, -0.05) is 13.3 Å². The molecule has 1 heterocycles. The van der Waals surface area contributed by atoms with E-state index in [1.165, 1.54) is 19.2 Å². The van der Waals surface area contributed by atoms with Gasteiger partial charge in [0.25, 0.3) is 0 Å². The summed E-state index contributed by atoms with van der Waals surface area (Å²) in [6.45, 7) is 7.04. The molecular weight excluding hydrogens is 262 g/mol. The lowest BCUT2D eigenvalue weighted by Gasteiger charge is -2.16. The molecule has 1 rings (SSSR count). The van der Waals surface area contributed by atoms with Crippen molar-refractivity contribution in [3.05, 3.63) is 12.4 Å². The summed E-state index contributed by atoms with van der Waals surface area (Å²) < 4.78 is 5.54. The maximum atomic E-state index is 5.82. The van der Waals surface area contributed by atoms with E-state index in [4.69, 9.17) is 16.3 Å². The van der Waals surface area contributed by atoms with Crippen LogP contribution in [0.15, 0.2) is 12.4 Å². The third-order valence-electron chi connectivity index (χ3n) is 2.78. The third-order valence-corrected chi connectivity index (χ3v) is 3.00. The standard InChI is InChI=1S/C14H24ClN3O/c1-4-5-12(6-7-15)9-16-13-8-14(18-10-17-13)19-11(2)3/h8,10-12H,4-7,9H2,1-3H3,(H,16,17,18). The molecule has 1 atom stereocenters. The maximum Gasteiger partial charge on any atom is 0.218 e. The number of hydrogen-bond donors (Lipinski definition) is 1. The van der Waals surface area contributed by atoms with Gasteiger partial charge < -0.3 is 10.1 Å². The van der Waals surface area contributed by atoms with Crippen molar-refractivity contribution in [1.29, 1.82) is 0 Å². The molecule has 0 spiro atoms. The first-order valence-electron chi connectivity index (χ1n) is 6.94. The Kier molecular flexibility index (Phi) is 7.56. The summed E-state index contributed by atoms with van der Waals surface area (Å²) in [6.07, 6.45) is 5.03. The van der Waals surface area contributed by atoms with E-state index in [9.17, 15) is 0 Å². The van der Waals surface area contributed by atoms with Crippen LogP contribution in [0.25, 0.3) is 0 Å². The zero-order chi connectivity index (χ0) is 14.1. The van der Waals surface area contributed by atoms with Crippen LogP contribution >= 0.6 is 11.6 Å². The largest absolute Gasteiger partial charge is 0.475 e. The van der Waals surface area contributed by atoms with Gasteiger partial charge in [0, 0.05) is 18.5 Å². The molecule has 1 aromatic rings. The molecule has 0 saturated heterocycles. The Bertz CT molecular complexity index is 354. The summed E-state index contributed by atoms with van der Waals surface area (Å²) >= 11 is 5.82. The Morgan fingerprint density at radius 3 is 2.74 bits per heavy atom. The molecule has 0 amide bonds. The molecule has 0 radical (unpaired) electrons. The van der Waals surface area contributed by atoms with Gasteiger partial charge in [0.15, 0.2) is 0 Å². The van der Waals surface area contributed by atoms with Gasteiger partial charge in [0.05, 0.1) is 6.10 Å². The van der Waals surface area contributed by atoms with E-state index in [-0.39, 0.29) is 6.10 Å². The van der Waals surface area contributed by atoms with Crippen molar-refractivity contribution in [2.45, 2.75) is 46.1 Å². The Balaban J connectivity index is 2.51. The lowest BCUT2D eigenvalue weighted by atomic mass is 10.0. The predicted molar refractivity (Wildman–Crippen MR) is 80.0 cm³/mol. The number of nitrogens with zero attached hydrogens (tertiary/aromatic N) is 2. The van der Waals surface area contributed by atoms with Crippen LogP contribution in [0.3, 0.4) is 0 Å². The average Bonchev–Trinajstić information content (AvgIpc) is 2.36. The molecule has 19 heavy (non-hydrogen) atoms. The van der Waals surface area contributed by atoms with Gasteiger partial charge in [0.2, 0.25) is 5.88 Å². The molecule has 4 nitrogen and oxygen atoms in total. The van der Waals surface area contributed by atoms with Crippen molar-refractivity contribution in [2.75, 3.05) is 17.7 Å². The lowest BCUT2D eigenvalue weighted by molar-refractivity contribution is 0.232. The average molecular weight is 286 g/mol. The highest BCUT2D eigenvalue weighted by Gasteiger charge is 2.08. The zero-order valence-electron chi connectivity index (χ0n) is 12.0. The van der Waals surface area contributed by atoms with E-state index >= 15 is 0 Å². The lowest BCUT2D eigenvalue weighted by Crippen LogP contribution is -2.16. The van der Waals surface area contributed by atoms with Crippen LogP contribution in [0.5, 0.6) is 5.88 Å². The summed E-state index contributed by atoms with van der Waals surface area (Å²) in [5, 5.41) is 3.34. The summed E-state index contributed by atoms with van der Waals surface area (Å²) in [6, 6.07) is 1.84. The number of rotatable bonds is 9. The van der Waals surface area contributed by atoms with Crippen LogP contribution in [0, 0.1) is 5.92 Å².